The lowest BCUT2D eigenvalue weighted by Gasteiger charge is -2.27. The fourth-order valence-corrected chi connectivity index (χ4v) is 3.49. The fraction of sp³-hybridized carbons (Fsp3) is 0.750. The van der Waals surface area contributed by atoms with Crippen molar-refractivity contribution in [3.63, 3.8) is 0 Å². The van der Waals surface area contributed by atoms with Crippen molar-refractivity contribution in [2.75, 3.05) is 0 Å². The minimum absolute atomic E-state index is 0. The van der Waals surface area contributed by atoms with Crippen LogP contribution in [0.2, 0.25) is 0 Å². The summed E-state index contributed by atoms with van der Waals surface area (Å²) < 4.78 is 0. The van der Waals surface area contributed by atoms with Gasteiger partial charge in [0.25, 0.3) is 0 Å². The summed E-state index contributed by atoms with van der Waals surface area (Å²) in [4.78, 5) is 5.60. The van der Waals surface area contributed by atoms with Gasteiger partial charge in [-0.25, -0.2) is 0 Å². The average Bonchev–Trinajstić information content (AvgIpc) is 2.85. The van der Waals surface area contributed by atoms with E-state index in [1.807, 2.05) is 11.7 Å². The summed E-state index contributed by atoms with van der Waals surface area (Å²) in [5.74, 6) is 0.739. The third-order valence-corrected chi connectivity index (χ3v) is 4.74. The number of nitrogens with one attached hydrogen (secondary N) is 1. The fourth-order valence-electron chi connectivity index (χ4n) is 2.69. The van der Waals surface area contributed by atoms with Crippen LogP contribution >= 0.6 is 23.7 Å². The highest BCUT2D eigenvalue weighted by atomic mass is 35.5. The van der Waals surface area contributed by atoms with Gasteiger partial charge in [-0.1, -0.05) is 0 Å². The summed E-state index contributed by atoms with van der Waals surface area (Å²) >= 11 is 1.79. The summed E-state index contributed by atoms with van der Waals surface area (Å²) in [6.45, 7) is 0. The first kappa shape index (κ1) is 13.3. The molecule has 2 aliphatic carbocycles. The lowest BCUT2D eigenvalue weighted by molar-refractivity contribution is 0.340. The van der Waals surface area contributed by atoms with E-state index >= 15 is 0 Å². The van der Waals surface area contributed by atoms with Crippen molar-refractivity contribution in [3.05, 3.63) is 16.6 Å². The molecule has 3 nitrogen and oxygen atoms in total. The standard InChI is InChI=1S/C12H19N3S.ClH/c13-8-1-3-9(4-2-8)15-11-5-10(11)12-6-14-7-16-12;/h6-11,15H,1-5,13H2;1H/t8?,9?,10-,11-;/m1./s1. The maximum atomic E-state index is 5.91. The molecular formula is C12H20ClN3S. The molecule has 17 heavy (non-hydrogen) atoms. The van der Waals surface area contributed by atoms with E-state index in [4.69, 9.17) is 5.73 Å². The molecule has 2 aliphatic rings. The van der Waals surface area contributed by atoms with Crippen LogP contribution in [-0.2, 0) is 0 Å². The molecule has 5 heteroatoms. The Morgan fingerprint density at radius 2 is 2.06 bits per heavy atom. The highest BCUT2D eigenvalue weighted by Crippen LogP contribution is 2.43. The Labute approximate surface area is 113 Å². The van der Waals surface area contributed by atoms with Gasteiger partial charge in [0.05, 0.1) is 5.51 Å². The third-order valence-electron chi connectivity index (χ3n) is 3.83. The van der Waals surface area contributed by atoms with Crippen molar-refractivity contribution in [2.45, 2.75) is 56.1 Å². The van der Waals surface area contributed by atoms with E-state index in [0.29, 0.717) is 18.1 Å². The molecule has 2 saturated carbocycles. The van der Waals surface area contributed by atoms with Crippen molar-refractivity contribution >= 4 is 23.7 Å². The summed E-state index contributed by atoms with van der Waals surface area (Å²) in [5, 5.41) is 3.78. The zero-order chi connectivity index (χ0) is 11.0. The first-order valence-corrected chi connectivity index (χ1v) is 7.11. The van der Waals surface area contributed by atoms with Crippen LogP contribution in [0.4, 0.5) is 0 Å². The molecule has 96 valence electrons. The zero-order valence-electron chi connectivity index (χ0n) is 9.84. The second-order valence-electron chi connectivity index (χ2n) is 5.13. The maximum absolute atomic E-state index is 5.91. The van der Waals surface area contributed by atoms with Crippen LogP contribution in [0.25, 0.3) is 0 Å². The van der Waals surface area contributed by atoms with Gasteiger partial charge in [0, 0.05) is 35.1 Å². The van der Waals surface area contributed by atoms with Crippen LogP contribution < -0.4 is 11.1 Å². The molecule has 2 atom stereocenters. The Morgan fingerprint density at radius 1 is 1.29 bits per heavy atom. The van der Waals surface area contributed by atoms with E-state index in [-0.39, 0.29) is 12.4 Å². The van der Waals surface area contributed by atoms with Crippen LogP contribution in [0.3, 0.4) is 0 Å². The van der Waals surface area contributed by atoms with Crippen molar-refractivity contribution in [2.24, 2.45) is 5.73 Å². The molecule has 2 fully saturated rings. The van der Waals surface area contributed by atoms with Crippen LogP contribution in [0.15, 0.2) is 11.7 Å². The molecule has 1 aromatic heterocycles. The minimum atomic E-state index is 0. The number of hydrogen-bond donors (Lipinski definition) is 2. The number of rotatable bonds is 3. The predicted molar refractivity (Wildman–Crippen MR) is 73.9 cm³/mol. The van der Waals surface area contributed by atoms with Crippen LogP contribution in [0.5, 0.6) is 0 Å². The third kappa shape index (κ3) is 3.19. The lowest BCUT2D eigenvalue weighted by atomic mass is 9.92. The lowest BCUT2D eigenvalue weighted by Crippen LogP contribution is -2.38. The highest BCUT2D eigenvalue weighted by molar-refractivity contribution is 7.09. The van der Waals surface area contributed by atoms with Gasteiger partial charge >= 0.3 is 0 Å². The minimum Gasteiger partial charge on any atom is -0.328 e. The number of halogens is 1. The maximum Gasteiger partial charge on any atom is 0.0794 e. The van der Waals surface area contributed by atoms with E-state index in [0.717, 1.165) is 5.92 Å². The molecule has 1 aromatic rings. The SMILES string of the molecule is Cl.NC1CCC(N[C@@H]2C[C@H]2c2cncs2)CC1. The van der Waals surface area contributed by atoms with Gasteiger partial charge < -0.3 is 11.1 Å². The van der Waals surface area contributed by atoms with Gasteiger partial charge in [0.2, 0.25) is 0 Å². The van der Waals surface area contributed by atoms with E-state index in [9.17, 15) is 0 Å². The van der Waals surface area contributed by atoms with Gasteiger partial charge in [0.1, 0.15) is 0 Å². The number of nitrogens with two attached hydrogens (primary N) is 1. The second-order valence-corrected chi connectivity index (χ2v) is 6.05. The average molecular weight is 274 g/mol. The normalized spacial score (nSPS) is 36.3. The van der Waals surface area contributed by atoms with E-state index < -0.39 is 0 Å². The van der Waals surface area contributed by atoms with Gasteiger partial charge in [-0.3, -0.25) is 4.98 Å². The molecule has 0 saturated heterocycles. The molecule has 0 amide bonds. The Balaban J connectivity index is 0.00000108. The molecule has 0 aliphatic heterocycles. The van der Waals surface area contributed by atoms with Crippen molar-refractivity contribution in [3.8, 4) is 0 Å². The zero-order valence-corrected chi connectivity index (χ0v) is 11.5. The van der Waals surface area contributed by atoms with E-state index in [1.165, 1.54) is 37.0 Å². The van der Waals surface area contributed by atoms with Gasteiger partial charge in [-0.05, 0) is 32.1 Å². The Morgan fingerprint density at radius 3 is 2.71 bits per heavy atom. The summed E-state index contributed by atoms with van der Waals surface area (Å²) in [6.07, 6.45) is 8.21. The predicted octanol–water partition coefficient (Wildman–Crippen LogP) is 2.28. The second kappa shape index (κ2) is 5.65. The molecule has 0 unspecified atom stereocenters. The first-order valence-electron chi connectivity index (χ1n) is 6.23. The van der Waals surface area contributed by atoms with Gasteiger partial charge in [-0.2, -0.15) is 0 Å². The number of nitrogens with zero attached hydrogens (tertiary/aromatic N) is 1. The Hall–Kier alpha value is -0.160. The van der Waals surface area contributed by atoms with Crippen LogP contribution in [-0.4, -0.2) is 23.1 Å². The summed E-state index contributed by atoms with van der Waals surface area (Å²) in [5.41, 5.74) is 7.85. The molecular weight excluding hydrogens is 254 g/mol. The molecule has 3 rings (SSSR count). The molecule has 1 heterocycles. The van der Waals surface area contributed by atoms with E-state index in [2.05, 4.69) is 10.3 Å². The highest BCUT2D eigenvalue weighted by Gasteiger charge is 2.40. The Bertz CT molecular complexity index is 336. The van der Waals surface area contributed by atoms with E-state index in [1.54, 1.807) is 11.3 Å². The van der Waals surface area contributed by atoms with Gasteiger partial charge in [-0.15, -0.1) is 23.7 Å². The van der Waals surface area contributed by atoms with Crippen LogP contribution in [0, 0.1) is 0 Å². The molecule has 3 N–H and O–H groups in total. The summed E-state index contributed by atoms with van der Waals surface area (Å²) in [7, 11) is 0. The number of thiazole rings is 1. The Kier molecular flexibility index (Phi) is 4.42. The summed E-state index contributed by atoms with van der Waals surface area (Å²) in [6, 6.07) is 1.87. The van der Waals surface area contributed by atoms with Crippen molar-refractivity contribution in [1.29, 1.82) is 0 Å². The largest absolute Gasteiger partial charge is 0.328 e. The number of hydrogen-bond acceptors (Lipinski definition) is 4. The molecule has 0 aromatic carbocycles. The van der Waals surface area contributed by atoms with Crippen LogP contribution in [0.1, 0.15) is 42.9 Å². The van der Waals surface area contributed by atoms with Crippen molar-refractivity contribution < 1.29 is 0 Å². The smallest absolute Gasteiger partial charge is 0.0794 e. The number of aromatic nitrogens is 1. The van der Waals surface area contributed by atoms with Crippen molar-refractivity contribution in [1.82, 2.24) is 10.3 Å². The van der Waals surface area contributed by atoms with Gasteiger partial charge in [0.15, 0.2) is 0 Å². The molecule has 0 radical (unpaired) electrons. The topological polar surface area (TPSA) is 50.9 Å². The first-order chi connectivity index (χ1) is 7.83. The molecule has 0 bridgehead atoms. The monoisotopic (exact) mass is 273 g/mol. The molecule has 0 spiro atoms. The quantitative estimate of drug-likeness (QED) is 0.888.